The van der Waals surface area contributed by atoms with Crippen molar-refractivity contribution < 1.29 is 63.8 Å². The van der Waals surface area contributed by atoms with Crippen LogP contribution in [0.2, 0.25) is 0 Å². The first kappa shape index (κ1) is 28.3. The van der Waals surface area contributed by atoms with Crippen molar-refractivity contribution >= 4 is 11.0 Å². The molecule has 1 aromatic heterocycles. The summed E-state index contributed by atoms with van der Waals surface area (Å²) in [7, 11) is 0. The lowest BCUT2D eigenvalue weighted by Crippen LogP contribution is -2.62. The molecular formula is C25H32O14. The summed E-state index contributed by atoms with van der Waals surface area (Å²) in [6, 6.07) is 6.11. The number of aliphatic hydroxyl groups excluding tert-OH is 6. The summed E-state index contributed by atoms with van der Waals surface area (Å²) in [5, 5.41) is 72.8. The van der Waals surface area contributed by atoms with E-state index < -0.39 is 92.0 Å². The minimum atomic E-state index is -1.92. The largest absolute Gasteiger partial charge is 0.484 e. The number of fused-ring (bicyclic) bond motifs is 3. The maximum Gasteiger partial charge on any atom is 0.336 e. The van der Waals surface area contributed by atoms with E-state index in [1.54, 1.807) is 32.0 Å². The molecule has 2 saturated heterocycles. The molecule has 0 radical (unpaired) electrons. The Bertz CT molecular complexity index is 1250. The van der Waals surface area contributed by atoms with Gasteiger partial charge in [0.1, 0.15) is 59.2 Å². The van der Waals surface area contributed by atoms with Crippen LogP contribution in [0.3, 0.4) is 0 Å². The molecule has 0 unspecified atom stereocenters. The molecule has 39 heavy (non-hydrogen) atoms. The molecule has 10 atom stereocenters. The topological polar surface area (TPSA) is 218 Å². The summed E-state index contributed by atoms with van der Waals surface area (Å²) in [5.74, 6) is 0.274. The van der Waals surface area contributed by atoms with Gasteiger partial charge >= 0.3 is 5.63 Å². The maximum absolute atomic E-state index is 11.8. The number of hydrogen-bond acceptors (Lipinski definition) is 14. The maximum atomic E-state index is 11.8. The van der Waals surface area contributed by atoms with Gasteiger partial charge in [-0.2, -0.15) is 0 Å². The average molecular weight is 557 g/mol. The molecule has 0 amide bonds. The number of hydrogen-bond donors (Lipinski definition) is 7. The van der Waals surface area contributed by atoms with Crippen LogP contribution in [-0.2, 0) is 18.9 Å². The van der Waals surface area contributed by atoms with E-state index in [0.29, 0.717) is 5.39 Å². The monoisotopic (exact) mass is 556 g/mol. The van der Waals surface area contributed by atoms with Crippen molar-refractivity contribution in [1.29, 1.82) is 0 Å². The predicted octanol–water partition coefficient (Wildman–Crippen LogP) is -2.35. The molecule has 3 aliphatic heterocycles. The van der Waals surface area contributed by atoms with E-state index in [1.807, 2.05) is 0 Å². The summed E-state index contributed by atoms with van der Waals surface area (Å²) >= 11 is 0. The highest BCUT2D eigenvalue weighted by Gasteiger charge is 2.52. The molecule has 0 spiro atoms. The van der Waals surface area contributed by atoms with Crippen LogP contribution in [0.5, 0.6) is 5.75 Å². The second-order valence-electron chi connectivity index (χ2n) is 10.6. The Morgan fingerprint density at radius 2 is 1.74 bits per heavy atom. The van der Waals surface area contributed by atoms with Gasteiger partial charge in [-0.3, -0.25) is 0 Å². The van der Waals surface area contributed by atoms with Gasteiger partial charge in [0.05, 0.1) is 25.4 Å². The Morgan fingerprint density at radius 3 is 2.44 bits per heavy atom. The first-order chi connectivity index (χ1) is 18.4. The van der Waals surface area contributed by atoms with Crippen LogP contribution >= 0.6 is 0 Å². The highest BCUT2D eigenvalue weighted by Crippen LogP contribution is 2.45. The van der Waals surface area contributed by atoms with Gasteiger partial charge in [0.2, 0.25) is 0 Å². The van der Waals surface area contributed by atoms with Gasteiger partial charge in [-0.05, 0) is 32.0 Å². The number of ether oxygens (including phenoxy) is 5. The van der Waals surface area contributed by atoms with Gasteiger partial charge in [0, 0.05) is 11.5 Å². The Kier molecular flexibility index (Phi) is 7.49. The van der Waals surface area contributed by atoms with Crippen LogP contribution in [0.15, 0.2) is 33.5 Å². The highest BCUT2D eigenvalue weighted by molar-refractivity contribution is 5.83. The van der Waals surface area contributed by atoms with Crippen molar-refractivity contribution in [1.82, 2.24) is 0 Å². The van der Waals surface area contributed by atoms with Crippen LogP contribution in [0.1, 0.15) is 25.5 Å². The molecular weight excluding hydrogens is 524 g/mol. The summed E-state index contributed by atoms with van der Waals surface area (Å²) in [6.07, 6.45) is -13.1. The van der Waals surface area contributed by atoms with Gasteiger partial charge in [-0.15, -0.1) is 0 Å². The van der Waals surface area contributed by atoms with E-state index in [4.69, 9.17) is 28.1 Å². The Balaban J connectivity index is 1.29. The summed E-state index contributed by atoms with van der Waals surface area (Å²) in [4.78, 5) is 11.8. The van der Waals surface area contributed by atoms with E-state index in [9.17, 15) is 40.5 Å². The van der Waals surface area contributed by atoms with E-state index in [1.165, 1.54) is 6.07 Å². The number of benzene rings is 1. The van der Waals surface area contributed by atoms with Gasteiger partial charge < -0.3 is 63.8 Å². The number of aliphatic hydroxyl groups is 7. The molecule has 14 heteroatoms. The third kappa shape index (κ3) is 4.96. The second-order valence-corrected chi connectivity index (χ2v) is 10.6. The molecule has 14 nitrogen and oxygen atoms in total. The molecule has 2 aromatic rings. The van der Waals surface area contributed by atoms with Crippen molar-refractivity contribution in [3.05, 3.63) is 40.2 Å². The first-order valence-corrected chi connectivity index (χ1v) is 12.4. The molecule has 0 saturated carbocycles. The van der Waals surface area contributed by atoms with E-state index in [2.05, 4.69) is 0 Å². The van der Waals surface area contributed by atoms with Gasteiger partial charge in [0.25, 0.3) is 0 Å². The van der Waals surface area contributed by atoms with Crippen LogP contribution in [-0.4, -0.2) is 116 Å². The summed E-state index contributed by atoms with van der Waals surface area (Å²) in [6.45, 7) is 1.50. The molecule has 2 fully saturated rings. The predicted molar refractivity (Wildman–Crippen MR) is 127 cm³/mol. The quantitative estimate of drug-likeness (QED) is 0.178. The average Bonchev–Trinajstić information content (AvgIpc) is 3.40. The third-order valence-corrected chi connectivity index (χ3v) is 7.40. The zero-order valence-electron chi connectivity index (χ0n) is 21.1. The molecule has 216 valence electrons. The minimum Gasteiger partial charge on any atom is -0.484 e. The van der Waals surface area contributed by atoms with Crippen LogP contribution in [0, 0.1) is 0 Å². The lowest BCUT2D eigenvalue weighted by Gasteiger charge is -2.44. The van der Waals surface area contributed by atoms with Gasteiger partial charge in [0.15, 0.2) is 18.7 Å². The molecule has 4 heterocycles. The number of rotatable bonds is 7. The molecule has 7 N–H and O–H groups in total. The van der Waals surface area contributed by atoms with Crippen molar-refractivity contribution in [2.24, 2.45) is 0 Å². The zero-order valence-corrected chi connectivity index (χ0v) is 21.1. The fourth-order valence-electron chi connectivity index (χ4n) is 5.04. The standard InChI is InChI=1S/C25H32O14/c1-24(2,21-16(29)14-11(36-21)5-3-10-4-6-13(27)38-19(10)14)39-22-18(31)17(30)15(28)12(37-22)7-34-23-20(32)25(33,8-26)9-35-23/h3-6,12,15-18,20-23,26,28-33H,7-9H2,1-2H3/t12-,15-,16-,17+,18-,20+,21+,22+,23-,25-/m1/s1. The smallest absolute Gasteiger partial charge is 0.336 e. The van der Waals surface area contributed by atoms with Crippen LogP contribution < -0.4 is 10.4 Å². The lowest BCUT2D eigenvalue weighted by atomic mass is 9.92. The first-order valence-electron chi connectivity index (χ1n) is 12.4. The van der Waals surface area contributed by atoms with Gasteiger partial charge in [-0.25, -0.2) is 4.79 Å². The van der Waals surface area contributed by atoms with Crippen LogP contribution in [0.25, 0.3) is 11.0 Å². The van der Waals surface area contributed by atoms with Crippen molar-refractivity contribution in [2.45, 2.75) is 80.4 Å². The fraction of sp³-hybridized carbons (Fsp3) is 0.640. The van der Waals surface area contributed by atoms with Crippen molar-refractivity contribution in [3.8, 4) is 5.75 Å². The summed E-state index contributed by atoms with van der Waals surface area (Å²) in [5.41, 5.74) is -3.47. The fourth-order valence-corrected chi connectivity index (χ4v) is 5.04. The zero-order chi connectivity index (χ0) is 28.3. The van der Waals surface area contributed by atoms with Gasteiger partial charge in [-0.1, -0.05) is 0 Å². The van der Waals surface area contributed by atoms with Crippen LogP contribution in [0.4, 0.5) is 0 Å². The minimum absolute atomic E-state index is 0.167. The second kappa shape index (κ2) is 10.3. The molecule has 0 bridgehead atoms. The Morgan fingerprint density at radius 1 is 1.03 bits per heavy atom. The molecule has 3 aliphatic rings. The van der Waals surface area contributed by atoms with E-state index in [-0.39, 0.29) is 16.9 Å². The SMILES string of the molecule is CC(C)(O[C@@H]1O[C@H](CO[C@@H]2OC[C@](O)(CO)[C@H]2O)[C@@H](O)[C@H](O)[C@H]1O)[C@H]1Oc2ccc3ccc(=O)oc3c2[C@H]1O. The van der Waals surface area contributed by atoms with E-state index in [0.717, 1.165) is 0 Å². The Labute approximate surface area is 221 Å². The Hall–Kier alpha value is -2.21. The summed E-state index contributed by atoms with van der Waals surface area (Å²) < 4.78 is 33.5. The van der Waals surface area contributed by atoms with E-state index >= 15 is 0 Å². The molecule has 0 aliphatic carbocycles. The molecule has 1 aromatic carbocycles. The third-order valence-electron chi connectivity index (χ3n) is 7.40. The lowest BCUT2D eigenvalue weighted by molar-refractivity contribution is -0.337. The van der Waals surface area contributed by atoms with Crippen molar-refractivity contribution in [2.75, 3.05) is 19.8 Å². The highest BCUT2D eigenvalue weighted by atomic mass is 16.7. The molecule has 5 rings (SSSR count). The normalized spacial score (nSPS) is 38.6. The van der Waals surface area contributed by atoms with Crippen molar-refractivity contribution in [3.63, 3.8) is 0 Å².